The monoisotopic (exact) mass is 391 g/mol. The third-order valence-corrected chi connectivity index (χ3v) is 6.15. The molecular weight excluding hydrogens is 365 g/mol. The second-order valence-electron chi connectivity index (χ2n) is 7.83. The Labute approximate surface area is 163 Å². The number of hydrogen-bond acceptors (Lipinski definition) is 6. The minimum atomic E-state index is -1.16. The summed E-state index contributed by atoms with van der Waals surface area (Å²) in [5.41, 5.74) is 5.10. The number of carbonyl (C=O) groups is 1. The fraction of sp³-hybridized carbons (Fsp3) is 0.600. The van der Waals surface area contributed by atoms with E-state index in [0.29, 0.717) is 43.0 Å². The lowest BCUT2D eigenvalue weighted by Gasteiger charge is -2.45. The zero-order valence-electron chi connectivity index (χ0n) is 16.2. The van der Waals surface area contributed by atoms with Gasteiger partial charge in [-0.05, 0) is 43.4 Å². The van der Waals surface area contributed by atoms with Crippen molar-refractivity contribution < 1.29 is 23.4 Å². The van der Waals surface area contributed by atoms with Crippen molar-refractivity contribution in [3.05, 3.63) is 29.6 Å². The van der Waals surface area contributed by atoms with Crippen LogP contribution in [0.3, 0.4) is 0 Å². The van der Waals surface area contributed by atoms with Crippen molar-refractivity contribution in [1.82, 2.24) is 4.90 Å². The van der Waals surface area contributed by atoms with Crippen molar-refractivity contribution in [2.24, 2.45) is 22.6 Å². The lowest BCUT2D eigenvalue weighted by atomic mass is 9.74. The van der Waals surface area contributed by atoms with Gasteiger partial charge in [-0.25, -0.2) is 9.38 Å². The normalized spacial score (nSPS) is 32.4. The van der Waals surface area contributed by atoms with Gasteiger partial charge in [-0.2, -0.15) is 0 Å². The summed E-state index contributed by atoms with van der Waals surface area (Å²) in [5.74, 6) is -0.0755. The molecule has 2 aliphatic heterocycles. The second-order valence-corrected chi connectivity index (χ2v) is 7.83. The van der Waals surface area contributed by atoms with E-state index in [2.05, 4.69) is 4.99 Å². The van der Waals surface area contributed by atoms with Crippen LogP contribution in [0.5, 0.6) is 5.75 Å². The summed E-state index contributed by atoms with van der Waals surface area (Å²) in [5, 5.41) is 0. The van der Waals surface area contributed by atoms with Gasteiger partial charge in [0.1, 0.15) is 17.1 Å². The second kappa shape index (κ2) is 7.33. The maximum atomic E-state index is 14.9. The average molecular weight is 391 g/mol. The minimum absolute atomic E-state index is 0.0672. The Kier molecular flexibility index (Phi) is 5.01. The largest absolute Gasteiger partial charge is 0.493 e. The Morgan fingerprint density at radius 2 is 2.21 bits per heavy atom. The first-order chi connectivity index (χ1) is 13.4. The first kappa shape index (κ1) is 19.1. The zero-order valence-corrected chi connectivity index (χ0v) is 16.2. The van der Waals surface area contributed by atoms with Gasteiger partial charge in [0, 0.05) is 26.3 Å². The molecule has 7 nitrogen and oxygen atoms in total. The van der Waals surface area contributed by atoms with Crippen molar-refractivity contribution in [2.45, 2.75) is 30.9 Å². The Hall–Kier alpha value is -2.19. The molecule has 2 atom stereocenters. The van der Waals surface area contributed by atoms with Gasteiger partial charge < -0.3 is 19.9 Å². The SMILES string of the molecule is COC1CC(COc2ccc(F)c(C34COCCC3C(=O)N(C)C(N)=N4)c2)C1. The molecule has 28 heavy (non-hydrogen) atoms. The summed E-state index contributed by atoms with van der Waals surface area (Å²) in [6, 6.07) is 4.60. The van der Waals surface area contributed by atoms with Gasteiger partial charge in [0.2, 0.25) is 5.91 Å². The molecule has 0 aromatic heterocycles. The number of ether oxygens (including phenoxy) is 3. The van der Waals surface area contributed by atoms with Crippen LogP contribution >= 0.6 is 0 Å². The molecule has 2 fully saturated rings. The minimum Gasteiger partial charge on any atom is -0.493 e. The molecule has 1 aromatic carbocycles. The maximum Gasteiger partial charge on any atom is 0.235 e. The van der Waals surface area contributed by atoms with Crippen LogP contribution in [-0.4, -0.2) is 56.8 Å². The number of fused-ring (bicyclic) bond motifs is 1. The van der Waals surface area contributed by atoms with Gasteiger partial charge in [0.15, 0.2) is 5.96 Å². The van der Waals surface area contributed by atoms with Crippen LogP contribution in [0, 0.1) is 17.7 Å². The number of hydrogen-bond donors (Lipinski definition) is 1. The Bertz CT molecular complexity index is 796. The number of rotatable bonds is 5. The van der Waals surface area contributed by atoms with Gasteiger partial charge in [-0.15, -0.1) is 0 Å². The standard InChI is InChI=1S/C20H26FN3O4/c1-24-18(25)15-5-6-27-11-20(15,23-19(24)22)16-9-13(3-4-17(16)21)28-10-12-7-14(8-12)26-2/h3-4,9,12,14-15H,5-8,10-11H2,1-2H3,(H2,22,23). The first-order valence-electron chi connectivity index (χ1n) is 9.61. The molecule has 0 spiro atoms. The van der Waals surface area contributed by atoms with E-state index in [0.717, 1.165) is 12.8 Å². The van der Waals surface area contributed by atoms with E-state index in [1.165, 1.54) is 11.0 Å². The Morgan fingerprint density at radius 3 is 2.96 bits per heavy atom. The topological polar surface area (TPSA) is 86.4 Å². The van der Waals surface area contributed by atoms with E-state index in [1.807, 2.05) is 0 Å². The van der Waals surface area contributed by atoms with Crippen LogP contribution < -0.4 is 10.5 Å². The molecule has 3 aliphatic rings. The number of benzene rings is 1. The average Bonchev–Trinajstić information content (AvgIpc) is 2.66. The highest BCUT2D eigenvalue weighted by Gasteiger charge is 2.52. The number of carbonyl (C=O) groups excluding carboxylic acids is 1. The molecule has 0 bridgehead atoms. The van der Waals surface area contributed by atoms with Crippen molar-refractivity contribution in [1.29, 1.82) is 0 Å². The molecule has 2 heterocycles. The maximum absolute atomic E-state index is 14.9. The summed E-state index contributed by atoms with van der Waals surface area (Å²) in [6.45, 7) is 1.09. The number of aliphatic imine (C=N–C) groups is 1. The zero-order chi connectivity index (χ0) is 19.9. The quantitative estimate of drug-likeness (QED) is 0.825. The molecule has 1 amide bonds. The smallest absolute Gasteiger partial charge is 0.235 e. The lowest BCUT2D eigenvalue weighted by molar-refractivity contribution is -0.140. The van der Waals surface area contributed by atoms with Crippen LogP contribution in [0.4, 0.5) is 4.39 Å². The summed E-state index contributed by atoms with van der Waals surface area (Å²) >= 11 is 0. The van der Waals surface area contributed by atoms with Crippen LogP contribution in [0.1, 0.15) is 24.8 Å². The first-order valence-corrected chi connectivity index (χ1v) is 9.61. The third-order valence-electron chi connectivity index (χ3n) is 6.15. The fourth-order valence-corrected chi connectivity index (χ4v) is 4.30. The summed E-state index contributed by atoms with van der Waals surface area (Å²) < 4.78 is 31.7. The Morgan fingerprint density at radius 1 is 1.43 bits per heavy atom. The predicted molar refractivity (Wildman–Crippen MR) is 100 cm³/mol. The van der Waals surface area contributed by atoms with Crippen LogP contribution in [0.15, 0.2) is 23.2 Å². The molecule has 2 N–H and O–H groups in total. The van der Waals surface area contributed by atoms with Gasteiger partial charge in [-0.1, -0.05) is 0 Å². The van der Waals surface area contributed by atoms with Crippen molar-refractivity contribution >= 4 is 11.9 Å². The highest BCUT2D eigenvalue weighted by molar-refractivity contribution is 6.00. The van der Waals surface area contributed by atoms with Gasteiger partial charge in [0.05, 0.1) is 25.2 Å². The number of methoxy groups -OCH3 is 1. The summed E-state index contributed by atoms with van der Waals surface area (Å²) in [6.07, 6.45) is 2.70. The highest BCUT2D eigenvalue weighted by Crippen LogP contribution is 2.44. The molecule has 152 valence electrons. The van der Waals surface area contributed by atoms with Crippen molar-refractivity contribution in [2.75, 3.05) is 34.0 Å². The summed E-state index contributed by atoms with van der Waals surface area (Å²) in [7, 11) is 3.30. The molecule has 1 aliphatic carbocycles. The van der Waals surface area contributed by atoms with E-state index < -0.39 is 17.3 Å². The number of nitrogens with zero attached hydrogens (tertiary/aromatic N) is 2. The Balaban J connectivity index is 1.62. The van der Waals surface area contributed by atoms with Crippen LogP contribution in [-0.2, 0) is 19.8 Å². The van der Waals surface area contributed by atoms with E-state index in [9.17, 15) is 9.18 Å². The van der Waals surface area contributed by atoms with E-state index >= 15 is 0 Å². The fourth-order valence-electron chi connectivity index (χ4n) is 4.30. The number of amides is 1. The van der Waals surface area contributed by atoms with E-state index in [1.54, 1.807) is 26.3 Å². The molecule has 4 rings (SSSR count). The highest BCUT2D eigenvalue weighted by atomic mass is 19.1. The molecule has 2 unspecified atom stereocenters. The van der Waals surface area contributed by atoms with Crippen molar-refractivity contribution in [3.8, 4) is 5.75 Å². The van der Waals surface area contributed by atoms with Gasteiger partial charge in [-0.3, -0.25) is 9.69 Å². The van der Waals surface area contributed by atoms with Gasteiger partial charge >= 0.3 is 0 Å². The van der Waals surface area contributed by atoms with E-state index in [4.69, 9.17) is 19.9 Å². The molecule has 1 saturated carbocycles. The van der Waals surface area contributed by atoms with Crippen LogP contribution in [0.25, 0.3) is 0 Å². The van der Waals surface area contributed by atoms with Crippen LogP contribution in [0.2, 0.25) is 0 Å². The molecule has 1 aromatic rings. The molecule has 8 heteroatoms. The van der Waals surface area contributed by atoms with Crippen molar-refractivity contribution in [3.63, 3.8) is 0 Å². The number of nitrogens with two attached hydrogens (primary N) is 1. The molecule has 0 radical (unpaired) electrons. The summed E-state index contributed by atoms with van der Waals surface area (Å²) in [4.78, 5) is 18.7. The number of guanidine groups is 1. The molecular formula is C20H26FN3O4. The third kappa shape index (κ3) is 3.14. The van der Waals surface area contributed by atoms with Gasteiger partial charge in [0.25, 0.3) is 0 Å². The lowest BCUT2D eigenvalue weighted by Crippen LogP contribution is -2.58. The predicted octanol–water partition coefficient (Wildman–Crippen LogP) is 1.65. The number of halogens is 1. The van der Waals surface area contributed by atoms with E-state index in [-0.39, 0.29) is 18.5 Å². The molecule has 1 saturated heterocycles.